The van der Waals surface area contributed by atoms with Crippen molar-refractivity contribution in [2.24, 2.45) is 0 Å². The highest BCUT2D eigenvalue weighted by Crippen LogP contribution is 2.44. The average molecular weight is 506 g/mol. The summed E-state index contributed by atoms with van der Waals surface area (Å²) >= 11 is 7.38. The number of anilines is 1. The van der Waals surface area contributed by atoms with Gasteiger partial charge in [-0.25, -0.2) is 4.98 Å². The third-order valence-electron chi connectivity index (χ3n) is 5.59. The number of ether oxygens (including phenoxy) is 1. The predicted molar refractivity (Wildman–Crippen MR) is 136 cm³/mol. The Balaban J connectivity index is 1.67. The van der Waals surface area contributed by atoms with Gasteiger partial charge in [0, 0.05) is 23.0 Å². The maximum absolute atomic E-state index is 13.3. The molecular formula is C26H20ClN3O4S. The zero-order valence-electron chi connectivity index (χ0n) is 18.6. The molecule has 35 heavy (non-hydrogen) atoms. The molecule has 5 rings (SSSR count). The molecule has 0 saturated carbocycles. The molecule has 9 heteroatoms. The van der Waals surface area contributed by atoms with Crippen LogP contribution in [-0.2, 0) is 9.59 Å². The van der Waals surface area contributed by atoms with Gasteiger partial charge in [0.15, 0.2) is 5.13 Å². The smallest absolute Gasteiger partial charge is 0.301 e. The first-order chi connectivity index (χ1) is 17.0. The van der Waals surface area contributed by atoms with Crippen molar-refractivity contribution in [2.75, 3.05) is 11.5 Å². The van der Waals surface area contributed by atoms with Crippen LogP contribution in [-0.4, -0.2) is 33.4 Å². The third kappa shape index (κ3) is 4.26. The third-order valence-corrected chi connectivity index (χ3v) is 6.84. The number of amides is 1. The van der Waals surface area contributed by atoms with Crippen LogP contribution in [0.5, 0.6) is 5.75 Å². The standard InChI is InChI=1S/C26H20ClN3O4S/c1-2-12-34-18-5-3-4-16(13-18)23(31)21-22(15-8-10-28-11-9-15)30(25(33)24(21)32)26-29-19-7-6-17(27)14-20(19)35-26/h3-11,13-14,22,31H,2,12H2,1H3/b23-21+. The van der Waals surface area contributed by atoms with Crippen molar-refractivity contribution in [3.05, 3.63) is 88.7 Å². The number of nitrogens with zero attached hydrogens (tertiary/aromatic N) is 3. The number of carbonyl (C=O) groups excluding carboxylic acids is 2. The highest BCUT2D eigenvalue weighted by atomic mass is 35.5. The fraction of sp³-hybridized carbons (Fsp3) is 0.154. The summed E-state index contributed by atoms with van der Waals surface area (Å²) in [4.78, 5) is 36.6. The molecule has 1 unspecified atom stereocenters. The largest absolute Gasteiger partial charge is 0.507 e. The van der Waals surface area contributed by atoms with E-state index in [2.05, 4.69) is 9.97 Å². The Hall–Kier alpha value is -3.75. The summed E-state index contributed by atoms with van der Waals surface area (Å²) in [7, 11) is 0. The van der Waals surface area contributed by atoms with Crippen molar-refractivity contribution in [1.29, 1.82) is 0 Å². The summed E-state index contributed by atoms with van der Waals surface area (Å²) in [6.07, 6.45) is 3.98. The van der Waals surface area contributed by atoms with Crippen LogP contribution in [0.15, 0.2) is 72.6 Å². The van der Waals surface area contributed by atoms with Crippen molar-refractivity contribution in [1.82, 2.24) is 9.97 Å². The van der Waals surface area contributed by atoms with Crippen LogP contribution in [0.1, 0.15) is 30.5 Å². The van der Waals surface area contributed by atoms with Gasteiger partial charge in [-0.05, 0) is 54.4 Å². The Morgan fingerprint density at radius 2 is 1.94 bits per heavy atom. The molecule has 1 amide bonds. The van der Waals surface area contributed by atoms with Crippen molar-refractivity contribution in [2.45, 2.75) is 19.4 Å². The number of aromatic nitrogens is 2. The molecule has 176 valence electrons. The summed E-state index contributed by atoms with van der Waals surface area (Å²) < 4.78 is 6.46. The van der Waals surface area contributed by atoms with Gasteiger partial charge < -0.3 is 9.84 Å². The van der Waals surface area contributed by atoms with E-state index in [4.69, 9.17) is 16.3 Å². The van der Waals surface area contributed by atoms with Crippen LogP contribution in [0.3, 0.4) is 0 Å². The number of hydrogen-bond acceptors (Lipinski definition) is 7. The molecule has 1 N–H and O–H groups in total. The zero-order chi connectivity index (χ0) is 24.5. The van der Waals surface area contributed by atoms with E-state index in [1.807, 2.05) is 6.92 Å². The molecule has 1 aliphatic rings. The van der Waals surface area contributed by atoms with Gasteiger partial charge in [0.1, 0.15) is 11.5 Å². The lowest BCUT2D eigenvalue weighted by Gasteiger charge is -2.22. The second-order valence-electron chi connectivity index (χ2n) is 7.93. The Labute approximate surface area is 210 Å². The summed E-state index contributed by atoms with van der Waals surface area (Å²) in [5, 5.41) is 12.2. The molecule has 7 nitrogen and oxygen atoms in total. The van der Waals surface area contributed by atoms with Gasteiger partial charge in [-0.15, -0.1) is 0 Å². The molecule has 0 bridgehead atoms. The summed E-state index contributed by atoms with van der Waals surface area (Å²) in [5.74, 6) is -1.27. The monoisotopic (exact) mass is 505 g/mol. The lowest BCUT2D eigenvalue weighted by atomic mass is 9.96. The van der Waals surface area contributed by atoms with Gasteiger partial charge >= 0.3 is 5.91 Å². The molecule has 1 atom stereocenters. The number of Topliss-reactive ketones (excluding diaryl/α,β-unsaturated/α-hetero) is 1. The van der Waals surface area contributed by atoms with Crippen molar-refractivity contribution in [3.8, 4) is 5.75 Å². The lowest BCUT2D eigenvalue weighted by molar-refractivity contribution is -0.132. The number of halogens is 1. The van der Waals surface area contributed by atoms with E-state index in [1.165, 1.54) is 16.2 Å². The van der Waals surface area contributed by atoms with Gasteiger partial charge in [0.25, 0.3) is 5.78 Å². The number of thiazole rings is 1. The zero-order valence-corrected chi connectivity index (χ0v) is 20.2. The highest BCUT2D eigenvalue weighted by Gasteiger charge is 2.48. The molecule has 1 aliphatic heterocycles. The molecule has 0 aliphatic carbocycles. The predicted octanol–water partition coefficient (Wildman–Crippen LogP) is 5.76. The maximum Gasteiger partial charge on any atom is 0.301 e. The number of fused-ring (bicyclic) bond motifs is 1. The van der Waals surface area contributed by atoms with Crippen molar-refractivity contribution in [3.63, 3.8) is 0 Å². The van der Waals surface area contributed by atoms with Crippen LogP contribution in [0.4, 0.5) is 5.13 Å². The molecule has 2 aromatic carbocycles. The molecule has 3 heterocycles. The Kier molecular flexibility index (Phi) is 6.23. The number of benzene rings is 2. The second kappa shape index (κ2) is 9.48. The number of aliphatic hydroxyl groups excluding tert-OH is 1. The second-order valence-corrected chi connectivity index (χ2v) is 9.38. The molecule has 0 radical (unpaired) electrons. The van der Waals surface area contributed by atoms with Crippen LogP contribution < -0.4 is 9.64 Å². The number of pyridine rings is 1. The number of rotatable bonds is 6. The van der Waals surface area contributed by atoms with Crippen molar-refractivity contribution >= 4 is 55.7 Å². The molecule has 4 aromatic rings. The summed E-state index contributed by atoms with van der Waals surface area (Å²) in [5.41, 5.74) is 1.64. The van der Waals surface area contributed by atoms with Crippen LogP contribution in [0, 0.1) is 0 Å². The fourth-order valence-corrected chi connectivity index (χ4v) is 5.26. The highest BCUT2D eigenvalue weighted by molar-refractivity contribution is 7.22. The van der Waals surface area contributed by atoms with Crippen LogP contribution in [0.2, 0.25) is 5.02 Å². The van der Waals surface area contributed by atoms with Gasteiger partial charge in [-0.1, -0.05) is 42.0 Å². The van der Waals surface area contributed by atoms with Gasteiger partial charge in [-0.2, -0.15) is 0 Å². The molecule has 0 spiro atoms. The number of hydrogen-bond donors (Lipinski definition) is 1. The van der Waals surface area contributed by atoms with Crippen molar-refractivity contribution < 1.29 is 19.4 Å². The first-order valence-electron chi connectivity index (χ1n) is 11.0. The average Bonchev–Trinajstić information content (AvgIpc) is 3.40. The minimum atomic E-state index is -0.880. The SMILES string of the molecule is CCCOc1cccc(/C(O)=C2\C(=O)C(=O)N(c3nc4ccc(Cl)cc4s3)C2c2ccncc2)c1. The Morgan fingerprint density at radius 1 is 1.14 bits per heavy atom. The van der Waals surface area contributed by atoms with E-state index in [1.54, 1.807) is 67.0 Å². The quantitative estimate of drug-likeness (QED) is 0.203. The fourth-order valence-electron chi connectivity index (χ4n) is 3.99. The van der Waals surface area contributed by atoms with E-state index in [0.717, 1.165) is 11.1 Å². The number of ketones is 1. The maximum atomic E-state index is 13.3. The molecular weight excluding hydrogens is 486 g/mol. The summed E-state index contributed by atoms with van der Waals surface area (Å²) in [6, 6.07) is 14.6. The van der Waals surface area contributed by atoms with Gasteiger partial charge in [-0.3, -0.25) is 19.5 Å². The molecule has 2 aromatic heterocycles. The minimum absolute atomic E-state index is 0.0221. The minimum Gasteiger partial charge on any atom is -0.507 e. The normalized spacial score (nSPS) is 17.3. The first-order valence-corrected chi connectivity index (χ1v) is 12.2. The number of carbonyl (C=O) groups is 2. The van der Waals surface area contributed by atoms with E-state index in [9.17, 15) is 14.7 Å². The van der Waals surface area contributed by atoms with E-state index in [0.29, 0.717) is 39.2 Å². The Bertz CT molecular complexity index is 1470. The van der Waals surface area contributed by atoms with Crippen LogP contribution in [0.25, 0.3) is 16.0 Å². The van der Waals surface area contributed by atoms with E-state index >= 15 is 0 Å². The Morgan fingerprint density at radius 3 is 2.71 bits per heavy atom. The molecule has 1 fully saturated rings. The molecule has 1 saturated heterocycles. The number of aliphatic hydroxyl groups is 1. The summed E-state index contributed by atoms with van der Waals surface area (Å²) in [6.45, 7) is 2.52. The van der Waals surface area contributed by atoms with E-state index in [-0.39, 0.29) is 11.3 Å². The van der Waals surface area contributed by atoms with Crippen LogP contribution >= 0.6 is 22.9 Å². The topological polar surface area (TPSA) is 92.6 Å². The first kappa shape index (κ1) is 23.0. The van der Waals surface area contributed by atoms with E-state index < -0.39 is 17.7 Å². The van der Waals surface area contributed by atoms with Gasteiger partial charge in [0.05, 0.1) is 28.4 Å². The van der Waals surface area contributed by atoms with Gasteiger partial charge in [0.2, 0.25) is 0 Å². The lowest BCUT2D eigenvalue weighted by Crippen LogP contribution is -2.29.